The third-order valence-electron chi connectivity index (χ3n) is 4.13. The third kappa shape index (κ3) is 2.80. The molecule has 3 rings (SSSR count). The van der Waals surface area contributed by atoms with Crippen LogP contribution in [0.25, 0.3) is 0 Å². The normalized spacial score (nSPS) is 21.4. The Kier molecular flexibility index (Phi) is 4.61. The predicted molar refractivity (Wildman–Crippen MR) is 87.5 cm³/mol. The van der Waals surface area contributed by atoms with E-state index in [1.165, 1.54) is 0 Å². The second kappa shape index (κ2) is 6.81. The zero-order chi connectivity index (χ0) is 15.4. The quantitative estimate of drug-likeness (QED) is 0.911. The summed E-state index contributed by atoms with van der Waals surface area (Å²) in [5.74, 6) is 1.81. The van der Waals surface area contributed by atoms with Gasteiger partial charge in [0.05, 0.1) is 26.3 Å². The van der Waals surface area contributed by atoms with Gasteiger partial charge in [-0.25, -0.2) is 0 Å². The zero-order valence-electron chi connectivity index (χ0n) is 13.0. The van der Waals surface area contributed by atoms with Crippen molar-refractivity contribution >= 4 is 0 Å². The molecule has 0 spiro atoms. The molecule has 0 aliphatic carbocycles. The molecule has 22 heavy (non-hydrogen) atoms. The van der Waals surface area contributed by atoms with Gasteiger partial charge in [-0.1, -0.05) is 36.4 Å². The molecule has 2 atom stereocenters. The molecule has 0 aromatic heterocycles. The Morgan fingerprint density at radius 2 is 1.14 bits per heavy atom. The second-order valence-corrected chi connectivity index (χ2v) is 5.35. The minimum absolute atomic E-state index is 0.140. The molecule has 4 heteroatoms. The van der Waals surface area contributed by atoms with E-state index in [0.717, 1.165) is 35.7 Å². The topological polar surface area (TPSA) is 42.5 Å². The molecule has 1 fully saturated rings. The summed E-state index contributed by atoms with van der Waals surface area (Å²) in [6, 6.07) is 16.6. The monoisotopic (exact) mass is 298 g/mol. The van der Waals surface area contributed by atoms with Crippen molar-refractivity contribution < 1.29 is 9.47 Å². The minimum atomic E-state index is 0.140. The van der Waals surface area contributed by atoms with Crippen LogP contribution in [0, 0.1) is 0 Å². The van der Waals surface area contributed by atoms with E-state index < -0.39 is 0 Å². The number of piperazine rings is 1. The van der Waals surface area contributed by atoms with Gasteiger partial charge < -0.3 is 20.1 Å². The van der Waals surface area contributed by atoms with E-state index in [1.54, 1.807) is 14.2 Å². The summed E-state index contributed by atoms with van der Waals surface area (Å²) in [7, 11) is 3.43. The predicted octanol–water partition coefficient (Wildman–Crippen LogP) is 2.68. The van der Waals surface area contributed by atoms with Gasteiger partial charge >= 0.3 is 0 Å². The molecule has 2 N–H and O–H groups in total. The highest BCUT2D eigenvalue weighted by atomic mass is 16.5. The van der Waals surface area contributed by atoms with Crippen molar-refractivity contribution in [2.75, 3.05) is 27.3 Å². The highest BCUT2D eigenvalue weighted by Crippen LogP contribution is 2.38. The number of ether oxygens (including phenoxy) is 2. The smallest absolute Gasteiger partial charge is 0.123 e. The molecule has 0 saturated carbocycles. The van der Waals surface area contributed by atoms with Crippen molar-refractivity contribution in [2.45, 2.75) is 12.1 Å². The van der Waals surface area contributed by atoms with Crippen LogP contribution in [-0.2, 0) is 0 Å². The fraction of sp³-hybridized carbons (Fsp3) is 0.333. The lowest BCUT2D eigenvalue weighted by Crippen LogP contribution is -2.45. The average molecular weight is 298 g/mol. The van der Waals surface area contributed by atoms with Crippen molar-refractivity contribution in [1.82, 2.24) is 10.6 Å². The van der Waals surface area contributed by atoms with Crippen LogP contribution < -0.4 is 20.1 Å². The lowest BCUT2D eigenvalue weighted by Gasteiger charge is -2.35. The minimum Gasteiger partial charge on any atom is -0.496 e. The molecule has 2 aromatic rings. The van der Waals surface area contributed by atoms with Crippen LogP contribution in [0.4, 0.5) is 0 Å². The van der Waals surface area contributed by atoms with E-state index in [9.17, 15) is 0 Å². The van der Waals surface area contributed by atoms with Crippen LogP contribution in [-0.4, -0.2) is 27.3 Å². The maximum Gasteiger partial charge on any atom is 0.123 e. The maximum absolute atomic E-state index is 5.54. The van der Waals surface area contributed by atoms with E-state index in [2.05, 4.69) is 22.8 Å². The van der Waals surface area contributed by atoms with Crippen molar-refractivity contribution in [3.8, 4) is 11.5 Å². The van der Waals surface area contributed by atoms with Gasteiger partial charge in [0.2, 0.25) is 0 Å². The zero-order valence-corrected chi connectivity index (χ0v) is 13.0. The van der Waals surface area contributed by atoms with Crippen LogP contribution in [0.2, 0.25) is 0 Å². The number of nitrogens with one attached hydrogen (secondary N) is 2. The Morgan fingerprint density at radius 3 is 1.55 bits per heavy atom. The Balaban J connectivity index is 2.01. The summed E-state index contributed by atoms with van der Waals surface area (Å²) in [5.41, 5.74) is 2.32. The SMILES string of the molecule is COc1ccccc1[C@H]1NCCN[C@@H]1c1ccccc1OC. The third-order valence-corrected chi connectivity index (χ3v) is 4.13. The first-order valence-electron chi connectivity index (χ1n) is 7.57. The molecule has 1 heterocycles. The van der Waals surface area contributed by atoms with Gasteiger partial charge in [-0.3, -0.25) is 0 Å². The van der Waals surface area contributed by atoms with Gasteiger partial charge in [-0.05, 0) is 12.1 Å². The number of hydrogen-bond donors (Lipinski definition) is 2. The van der Waals surface area contributed by atoms with Gasteiger partial charge in [0.15, 0.2) is 0 Å². The molecule has 116 valence electrons. The fourth-order valence-electron chi connectivity index (χ4n) is 3.12. The average Bonchev–Trinajstić information content (AvgIpc) is 2.61. The summed E-state index contributed by atoms with van der Waals surface area (Å²) in [6.45, 7) is 1.85. The van der Waals surface area contributed by atoms with Crippen molar-refractivity contribution in [2.24, 2.45) is 0 Å². The van der Waals surface area contributed by atoms with E-state index >= 15 is 0 Å². The number of para-hydroxylation sites is 2. The summed E-state index contributed by atoms with van der Waals surface area (Å²) in [5, 5.41) is 7.22. The first kappa shape index (κ1) is 14.9. The highest BCUT2D eigenvalue weighted by molar-refractivity contribution is 5.42. The van der Waals surface area contributed by atoms with Gasteiger partial charge in [0.25, 0.3) is 0 Å². The Morgan fingerprint density at radius 1 is 0.727 bits per heavy atom. The summed E-state index contributed by atoms with van der Waals surface area (Å²) in [6.07, 6.45) is 0. The number of methoxy groups -OCH3 is 2. The number of benzene rings is 2. The van der Waals surface area contributed by atoms with Gasteiger partial charge in [-0.15, -0.1) is 0 Å². The largest absolute Gasteiger partial charge is 0.496 e. The van der Waals surface area contributed by atoms with E-state index in [-0.39, 0.29) is 12.1 Å². The molecular weight excluding hydrogens is 276 g/mol. The van der Waals surface area contributed by atoms with E-state index in [4.69, 9.17) is 9.47 Å². The summed E-state index contributed by atoms with van der Waals surface area (Å²) in [4.78, 5) is 0. The van der Waals surface area contributed by atoms with Gasteiger partial charge in [-0.2, -0.15) is 0 Å². The van der Waals surface area contributed by atoms with Crippen LogP contribution in [0.3, 0.4) is 0 Å². The molecule has 2 aromatic carbocycles. The molecule has 0 bridgehead atoms. The molecule has 0 unspecified atom stereocenters. The fourth-order valence-corrected chi connectivity index (χ4v) is 3.12. The molecule has 1 aliphatic heterocycles. The van der Waals surface area contributed by atoms with Crippen LogP contribution in [0.1, 0.15) is 23.2 Å². The Hall–Kier alpha value is -2.04. The molecule has 1 saturated heterocycles. The van der Waals surface area contributed by atoms with Crippen LogP contribution in [0.5, 0.6) is 11.5 Å². The van der Waals surface area contributed by atoms with Crippen LogP contribution >= 0.6 is 0 Å². The lowest BCUT2D eigenvalue weighted by atomic mass is 9.90. The van der Waals surface area contributed by atoms with Crippen LogP contribution in [0.15, 0.2) is 48.5 Å². The molecule has 0 radical (unpaired) electrons. The first-order chi connectivity index (χ1) is 10.8. The Bertz CT molecular complexity index is 574. The lowest BCUT2D eigenvalue weighted by molar-refractivity contribution is 0.310. The number of hydrogen-bond acceptors (Lipinski definition) is 4. The Labute approximate surface area is 131 Å². The van der Waals surface area contributed by atoms with E-state index in [0.29, 0.717) is 0 Å². The van der Waals surface area contributed by atoms with Crippen molar-refractivity contribution in [3.63, 3.8) is 0 Å². The van der Waals surface area contributed by atoms with Crippen molar-refractivity contribution in [3.05, 3.63) is 59.7 Å². The van der Waals surface area contributed by atoms with Crippen molar-refractivity contribution in [1.29, 1.82) is 0 Å². The maximum atomic E-state index is 5.54. The first-order valence-corrected chi connectivity index (χ1v) is 7.57. The second-order valence-electron chi connectivity index (χ2n) is 5.35. The molecule has 4 nitrogen and oxygen atoms in total. The molecule has 0 amide bonds. The summed E-state index contributed by atoms with van der Waals surface area (Å²) >= 11 is 0. The highest BCUT2D eigenvalue weighted by Gasteiger charge is 2.30. The summed E-state index contributed by atoms with van der Waals surface area (Å²) < 4.78 is 11.1. The van der Waals surface area contributed by atoms with Gasteiger partial charge in [0.1, 0.15) is 11.5 Å². The molecule has 1 aliphatic rings. The number of rotatable bonds is 4. The van der Waals surface area contributed by atoms with Gasteiger partial charge in [0, 0.05) is 24.2 Å². The molecular formula is C18H22N2O2. The van der Waals surface area contributed by atoms with E-state index in [1.807, 2.05) is 36.4 Å². The standard InChI is InChI=1S/C18H22N2O2/c1-21-15-9-5-3-7-13(15)17-18(20-12-11-19-17)14-8-4-6-10-16(14)22-2/h3-10,17-20H,11-12H2,1-2H3/t17-,18-/m1/s1.